The van der Waals surface area contributed by atoms with E-state index in [4.69, 9.17) is 10.8 Å². The highest BCUT2D eigenvalue weighted by Crippen LogP contribution is 2.27. The summed E-state index contributed by atoms with van der Waals surface area (Å²) in [6.07, 6.45) is 0.0826. The first-order valence-electron chi connectivity index (χ1n) is 5.52. The Morgan fingerprint density at radius 2 is 1.69 bits per heavy atom. The minimum atomic E-state index is -0.565. The highest BCUT2D eigenvalue weighted by Gasteiger charge is 2.23. The lowest BCUT2D eigenvalue weighted by Crippen LogP contribution is -2.30. The average molecular weight is 223 g/mol. The largest absolute Gasteiger partial charge is 0.508 e. The van der Waals surface area contributed by atoms with Gasteiger partial charge in [-0.1, -0.05) is 32.9 Å². The summed E-state index contributed by atoms with van der Waals surface area (Å²) in [5, 5.41) is 19.1. The molecule has 2 atom stereocenters. The first-order valence-corrected chi connectivity index (χ1v) is 5.52. The lowest BCUT2D eigenvalue weighted by molar-refractivity contribution is 0.0966. The van der Waals surface area contributed by atoms with Crippen LogP contribution in [0.4, 0.5) is 0 Å². The van der Waals surface area contributed by atoms with E-state index in [1.807, 2.05) is 0 Å². The number of phenolic OH excluding ortho intramolecular Hbond substituents is 1. The van der Waals surface area contributed by atoms with Crippen molar-refractivity contribution in [2.24, 2.45) is 11.1 Å². The number of nitrogens with two attached hydrogens (primary N) is 1. The Morgan fingerprint density at radius 3 is 2.12 bits per heavy atom. The van der Waals surface area contributed by atoms with Gasteiger partial charge in [-0.3, -0.25) is 0 Å². The zero-order chi connectivity index (χ0) is 12.3. The standard InChI is InChI=1S/C13H21NO2/c1-13(2,3)8-11(16)12(14)9-4-6-10(15)7-5-9/h4-7,11-12,15-16H,8,14H2,1-3H3. The molecule has 4 N–H and O–H groups in total. The van der Waals surface area contributed by atoms with E-state index in [1.54, 1.807) is 24.3 Å². The van der Waals surface area contributed by atoms with E-state index in [1.165, 1.54) is 0 Å². The summed E-state index contributed by atoms with van der Waals surface area (Å²) in [6, 6.07) is 6.25. The van der Waals surface area contributed by atoms with Crippen LogP contribution in [0, 0.1) is 5.41 Å². The summed E-state index contributed by atoms with van der Waals surface area (Å²) in [4.78, 5) is 0. The third-order valence-electron chi connectivity index (χ3n) is 2.51. The minimum Gasteiger partial charge on any atom is -0.508 e. The van der Waals surface area contributed by atoms with Gasteiger partial charge in [-0.05, 0) is 29.5 Å². The number of hydrogen-bond donors (Lipinski definition) is 3. The second-order valence-electron chi connectivity index (χ2n) is 5.45. The van der Waals surface area contributed by atoms with Crippen molar-refractivity contribution < 1.29 is 10.2 Å². The second kappa shape index (κ2) is 4.85. The molecule has 1 aromatic rings. The number of aliphatic hydroxyl groups is 1. The SMILES string of the molecule is CC(C)(C)CC(O)C(N)c1ccc(O)cc1. The van der Waals surface area contributed by atoms with E-state index < -0.39 is 12.1 Å². The Balaban J connectivity index is 2.70. The molecule has 0 aliphatic carbocycles. The Bertz CT molecular complexity index is 327. The van der Waals surface area contributed by atoms with E-state index in [9.17, 15) is 5.11 Å². The molecule has 0 aliphatic heterocycles. The van der Waals surface area contributed by atoms with Gasteiger partial charge in [0.25, 0.3) is 0 Å². The van der Waals surface area contributed by atoms with Crippen LogP contribution in [-0.2, 0) is 0 Å². The van der Waals surface area contributed by atoms with Crippen molar-refractivity contribution >= 4 is 0 Å². The predicted octanol–water partition coefficient (Wildman–Crippen LogP) is 2.19. The van der Waals surface area contributed by atoms with Crippen molar-refractivity contribution in [2.45, 2.75) is 39.3 Å². The summed E-state index contributed by atoms with van der Waals surface area (Å²) in [5.74, 6) is 0.210. The summed E-state index contributed by atoms with van der Waals surface area (Å²) in [6.45, 7) is 6.21. The summed E-state index contributed by atoms with van der Waals surface area (Å²) in [5.41, 5.74) is 6.86. The maximum Gasteiger partial charge on any atom is 0.115 e. The predicted molar refractivity (Wildman–Crippen MR) is 65.1 cm³/mol. The fraction of sp³-hybridized carbons (Fsp3) is 0.538. The molecule has 1 rings (SSSR count). The number of aromatic hydroxyl groups is 1. The van der Waals surface area contributed by atoms with Crippen LogP contribution in [0.2, 0.25) is 0 Å². The molecule has 0 bridgehead atoms. The zero-order valence-electron chi connectivity index (χ0n) is 10.1. The van der Waals surface area contributed by atoms with Crippen molar-refractivity contribution in [1.82, 2.24) is 0 Å². The molecule has 0 aliphatic rings. The van der Waals surface area contributed by atoms with Crippen molar-refractivity contribution in [3.8, 4) is 5.75 Å². The van der Waals surface area contributed by atoms with E-state index in [-0.39, 0.29) is 11.2 Å². The van der Waals surface area contributed by atoms with Gasteiger partial charge in [0, 0.05) is 0 Å². The van der Waals surface area contributed by atoms with Gasteiger partial charge in [0.2, 0.25) is 0 Å². The topological polar surface area (TPSA) is 66.5 Å². The van der Waals surface area contributed by atoms with Gasteiger partial charge in [-0.2, -0.15) is 0 Å². The molecule has 0 radical (unpaired) electrons. The molecule has 2 unspecified atom stereocenters. The molecule has 1 aromatic carbocycles. The quantitative estimate of drug-likeness (QED) is 0.736. The van der Waals surface area contributed by atoms with Gasteiger partial charge in [-0.25, -0.2) is 0 Å². The fourth-order valence-corrected chi connectivity index (χ4v) is 1.67. The highest BCUT2D eigenvalue weighted by atomic mass is 16.3. The molecular formula is C13H21NO2. The number of benzene rings is 1. The smallest absolute Gasteiger partial charge is 0.115 e. The van der Waals surface area contributed by atoms with E-state index in [0.717, 1.165) is 5.56 Å². The van der Waals surface area contributed by atoms with Crippen LogP contribution in [0.15, 0.2) is 24.3 Å². The summed E-state index contributed by atoms with van der Waals surface area (Å²) < 4.78 is 0. The van der Waals surface area contributed by atoms with Crippen LogP contribution in [0.5, 0.6) is 5.75 Å². The van der Waals surface area contributed by atoms with Gasteiger partial charge in [0.05, 0.1) is 12.1 Å². The van der Waals surface area contributed by atoms with Gasteiger partial charge in [-0.15, -0.1) is 0 Å². The van der Waals surface area contributed by atoms with Crippen LogP contribution < -0.4 is 5.73 Å². The second-order valence-corrected chi connectivity index (χ2v) is 5.45. The zero-order valence-corrected chi connectivity index (χ0v) is 10.1. The van der Waals surface area contributed by atoms with Crippen molar-refractivity contribution in [3.63, 3.8) is 0 Å². The van der Waals surface area contributed by atoms with Crippen LogP contribution in [0.3, 0.4) is 0 Å². The molecule has 3 nitrogen and oxygen atoms in total. The Morgan fingerprint density at radius 1 is 1.19 bits per heavy atom. The first kappa shape index (κ1) is 13.0. The summed E-state index contributed by atoms with van der Waals surface area (Å²) >= 11 is 0. The molecule has 0 aromatic heterocycles. The van der Waals surface area contributed by atoms with E-state index in [0.29, 0.717) is 6.42 Å². The molecule has 0 heterocycles. The monoisotopic (exact) mass is 223 g/mol. The van der Waals surface area contributed by atoms with Gasteiger partial charge in [0.1, 0.15) is 5.75 Å². The molecule has 0 spiro atoms. The third-order valence-corrected chi connectivity index (χ3v) is 2.51. The maximum atomic E-state index is 9.99. The molecule has 0 amide bonds. The number of rotatable bonds is 3. The lowest BCUT2D eigenvalue weighted by Gasteiger charge is -2.26. The van der Waals surface area contributed by atoms with Crippen LogP contribution in [-0.4, -0.2) is 16.3 Å². The van der Waals surface area contributed by atoms with Crippen LogP contribution >= 0.6 is 0 Å². The van der Waals surface area contributed by atoms with Gasteiger partial charge < -0.3 is 15.9 Å². The van der Waals surface area contributed by atoms with E-state index >= 15 is 0 Å². The normalized spacial score (nSPS) is 15.8. The highest BCUT2D eigenvalue weighted by molar-refractivity contribution is 5.28. The minimum absolute atomic E-state index is 0.0496. The van der Waals surface area contributed by atoms with Gasteiger partial charge in [0.15, 0.2) is 0 Å². The van der Waals surface area contributed by atoms with Gasteiger partial charge >= 0.3 is 0 Å². The fourth-order valence-electron chi connectivity index (χ4n) is 1.67. The molecule has 16 heavy (non-hydrogen) atoms. The molecule has 0 fully saturated rings. The third kappa shape index (κ3) is 3.83. The molecule has 3 heteroatoms. The van der Waals surface area contributed by atoms with Crippen LogP contribution in [0.1, 0.15) is 38.8 Å². The van der Waals surface area contributed by atoms with Crippen molar-refractivity contribution in [3.05, 3.63) is 29.8 Å². The van der Waals surface area contributed by atoms with E-state index in [2.05, 4.69) is 20.8 Å². The number of phenols is 1. The lowest BCUT2D eigenvalue weighted by atomic mass is 9.85. The average Bonchev–Trinajstić information content (AvgIpc) is 2.15. The first-order chi connectivity index (χ1) is 7.29. The molecule has 0 saturated carbocycles. The maximum absolute atomic E-state index is 9.99. The molecule has 0 saturated heterocycles. The molecule has 90 valence electrons. The Kier molecular flexibility index (Phi) is 3.94. The molecular weight excluding hydrogens is 202 g/mol. The van der Waals surface area contributed by atoms with Crippen molar-refractivity contribution in [2.75, 3.05) is 0 Å². The Hall–Kier alpha value is -1.06. The van der Waals surface area contributed by atoms with Crippen LogP contribution in [0.25, 0.3) is 0 Å². The van der Waals surface area contributed by atoms with Crippen molar-refractivity contribution in [1.29, 1.82) is 0 Å². The summed E-state index contributed by atoms with van der Waals surface area (Å²) in [7, 11) is 0. The number of hydrogen-bond acceptors (Lipinski definition) is 3. The number of aliphatic hydroxyl groups excluding tert-OH is 1. The Labute approximate surface area is 96.9 Å².